The molecule has 1 N–H and O–H groups in total. The Kier molecular flexibility index (Phi) is 6.09. The molecule has 0 saturated heterocycles. The minimum Gasteiger partial charge on any atom is -0.507 e. The number of ether oxygens (including phenoxy) is 1. The first-order valence-corrected chi connectivity index (χ1v) is 9.33. The average molecular weight is 381 g/mol. The molecule has 0 bridgehead atoms. The van der Waals surface area contributed by atoms with Crippen LogP contribution in [-0.2, 0) is 16.0 Å². The van der Waals surface area contributed by atoms with Crippen LogP contribution in [0.15, 0.2) is 42.5 Å². The molecule has 2 aromatic carbocycles. The SMILES string of the molecule is CC1C(C=O)C(=O)c2c(O)cc(OCCCCc3ccccc3)cc2N1C=O. The van der Waals surface area contributed by atoms with E-state index in [4.69, 9.17) is 4.74 Å². The Morgan fingerprint density at radius 2 is 1.89 bits per heavy atom. The fourth-order valence-electron chi connectivity index (χ4n) is 3.50. The number of aryl methyl sites for hydroxylation is 1. The molecule has 0 fully saturated rings. The fourth-order valence-corrected chi connectivity index (χ4v) is 3.50. The highest BCUT2D eigenvalue weighted by atomic mass is 16.5. The number of hydrogen-bond donors (Lipinski definition) is 1. The van der Waals surface area contributed by atoms with Crippen molar-refractivity contribution in [3.63, 3.8) is 0 Å². The number of aldehydes is 1. The van der Waals surface area contributed by atoms with Crippen LogP contribution in [0.2, 0.25) is 0 Å². The molecule has 6 nitrogen and oxygen atoms in total. The van der Waals surface area contributed by atoms with Crippen LogP contribution in [0.1, 0.15) is 35.7 Å². The number of unbranched alkanes of at least 4 members (excludes halogenated alkanes) is 1. The van der Waals surface area contributed by atoms with Crippen LogP contribution < -0.4 is 9.64 Å². The van der Waals surface area contributed by atoms with E-state index in [-0.39, 0.29) is 17.0 Å². The topological polar surface area (TPSA) is 83.9 Å². The molecule has 0 aromatic heterocycles. The molecular weight excluding hydrogens is 358 g/mol. The van der Waals surface area contributed by atoms with Crippen LogP contribution >= 0.6 is 0 Å². The second-order valence-electron chi connectivity index (χ2n) is 6.91. The van der Waals surface area contributed by atoms with Gasteiger partial charge >= 0.3 is 0 Å². The highest BCUT2D eigenvalue weighted by Crippen LogP contribution is 2.40. The van der Waals surface area contributed by atoms with Crippen molar-refractivity contribution in [3.8, 4) is 11.5 Å². The average Bonchev–Trinajstić information content (AvgIpc) is 2.69. The van der Waals surface area contributed by atoms with Crippen molar-refractivity contribution in [2.24, 2.45) is 5.92 Å². The molecule has 146 valence electrons. The zero-order valence-corrected chi connectivity index (χ0v) is 15.7. The van der Waals surface area contributed by atoms with E-state index in [2.05, 4.69) is 12.1 Å². The van der Waals surface area contributed by atoms with Crippen LogP contribution in [0.25, 0.3) is 0 Å². The minimum absolute atomic E-state index is 0.0151. The summed E-state index contributed by atoms with van der Waals surface area (Å²) in [6.07, 6.45) is 3.82. The van der Waals surface area contributed by atoms with E-state index < -0.39 is 17.7 Å². The monoisotopic (exact) mass is 381 g/mol. The maximum absolute atomic E-state index is 12.5. The molecule has 1 amide bonds. The summed E-state index contributed by atoms with van der Waals surface area (Å²) in [7, 11) is 0. The number of aromatic hydroxyl groups is 1. The first kappa shape index (κ1) is 19.6. The van der Waals surface area contributed by atoms with Gasteiger partial charge in [0, 0.05) is 12.1 Å². The number of nitrogens with zero attached hydrogens (tertiary/aromatic N) is 1. The van der Waals surface area contributed by atoms with Crippen LogP contribution in [-0.4, -0.2) is 36.2 Å². The highest BCUT2D eigenvalue weighted by molar-refractivity contribution is 6.15. The third-order valence-corrected chi connectivity index (χ3v) is 5.09. The summed E-state index contributed by atoms with van der Waals surface area (Å²) in [5, 5.41) is 10.3. The lowest BCUT2D eigenvalue weighted by Crippen LogP contribution is -2.46. The van der Waals surface area contributed by atoms with E-state index in [1.54, 1.807) is 13.0 Å². The Morgan fingerprint density at radius 1 is 1.14 bits per heavy atom. The second-order valence-corrected chi connectivity index (χ2v) is 6.91. The van der Waals surface area contributed by atoms with Crippen molar-refractivity contribution in [3.05, 3.63) is 53.6 Å². The standard InChI is InChI=1S/C22H23NO5/c1-15-18(13-24)22(27)21-19(23(15)14-25)11-17(12-20(21)26)28-10-6-5-9-16-7-3-2-4-8-16/h2-4,7-8,11-15,18,26H,5-6,9-10H2,1H3. The third-order valence-electron chi connectivity index (χ3n) is 5.09. The number of carbonyl (C=O) groups is 3. The number of phenolic OH excluding ortho intramolecular Hbond substituents is 1. The Bertz CT molecular complexity index is 865. The lowest BCUT2D eigenvalue weighted by Gasteiger charge is -2.35. The van der Waals surface area contributed by atoms with Gasteiger partial charge < -0.3 is 19.5 Å². The third kappa shape index (κ3) is 3.91. The molecule has 0 spiro atoms. The summed E-state index contributed by atoms with van der Waals surface area (Å²) >= 11 is 0. The van der Waals surface area contributed by atoms with Gasteiger partial charge in [-0.1, -0.05) is 30.3 Å². The summed E-state index contributed by atoms with van der Waals surface area (Å²) in [6.45, 7) is 2.08. The van der Waals surface area contributed by atoms with Crippen LogP contribution in [0.5, 0.6) is 11.5 Å². The summed E-state index contributed by atoms with van der Waals surface area (Å²) in [6, 6.07) is 12.5. The Balaban J connectivity index is 1.68. The molecule has 0 aliphatic carbocycles. The summed E-state index contributed by atoms with van der Waals surface area (Å²) in [5.74, 6) is -1.38. The number of benzene rings is 2. The largest absolute Gasteiger partial charge is 0.507 e. The van der Waals surface area contributed by atoms with Crippen molar-refractivity contribution in [2.45, 2.75) is 32.2 Å². The molecule has 6 heteroatoms. The minimum atomic E-state index is -0.992. The molecule has 28 heavy (non-hydrogen) atoms. The van der Waals surface area contributed by atoms with Gasteiger partial charge in [0.05, 0.1) is 29.8 Å². The van der Waals surface area contributed by atoms with Crippen molar-refractivity contribution in [2.75, 3.05) is 11.5 Å². The van der Waals surface area contributed by atoms with Crippen molar-refractivity contribution < 1.29 is 24.2 Å². The number of phenols is 1. The number of Topliss-reactive ketones (excluding diaryl/α,β-unsaturated/α-hetero) is 1. The molecule has 1 heterocycles. The van der Waals surface area contributed by atoms with Crippen LogP contribution in [0, 0.1) is 5.92 Å². The smallest absolute Gasteiger partial charge is 0.214 e. The van der Waals surface area contributed by atoms with Gasteiger partial charge in [0.1, 0.15) is 17.8 Å². The van der Waals surface area contributed by atoms with Gasteiger partial charge in [-0.2, -0.15) is 0 Å². The quantitative estimate of drug-likeness (QED) is 0.431. The first-order valence-electron chi connectivity index (χ1n) is 9.33. The molecule has 0 saturated carbocycles. The number of carbonyl (C=O) groups excluding carboxylic acids is 3. The lowest BCUT2D eigenvalue weighted by molar-refractivity contribution is -0.111. The second kappa shape index (κ2) is 8.69. The molecule has 2 aromatic rings. The first-order chi connectivity index (χ1) is 13.6. The molecule has 3 rings (SSSR count). The van der Waals surface area contributed by atoms with Crippen LogP contribution in [0.3, 0.4) is 0 Å². The van der Waals surface area contributed by atoms with E-state index in [1.165, 1.54) is 16.5 Å². The molecule has 1 aliphatic rings. The number of anilines is 1. The summed E-state index contributed by atoms with van der Waals surface area (Å²) in [4.78, 5) is 36.6. The molecule has 1 aliphatic heterocycles. The predicted octanol–water partition coefficient (Wildman–Crippen LogP) is 3.16. The Morgan fingerprint density at radius 3 is 2.57 bits per heavy atom. The van der Waals surface area contributed by atoms with Gasteiger partial charge in [0.2, 0.25) is 6.41 Å². The zero-order valence-electron chi connectivity index (χ0n) is 15.7. The normalized spacial score (nSPS) is 18.5. The van der Waals surface area contributed by atoms with E-state index >= 15 is 0 Å². The van der Waals surface area contributed by atoms with Crippen molar-refractivity contribution >= 4 is 24.2 Å². The Labute approximate surface area is 163 Å². The van der Waals surface area contributed by atoms with Gasteiger partial charge in [-0.3, -0.25) is 9.59 Å². The van der Waals surface area contributed by atoms with Crippen molar-refractivity contribution in [1.29, 1.82) is 0 Å². The van der Waals surface area contributed by atoms with Crippen LogP contribution in [0.4, 0.5) is 5.69 Å². The predicted molar refractivity (Wildman–Crippen MR) is 105 cm³/mol. The van der Waals surface area contributed by atoms with Crippen molar-refractivity contribution in [1.82, 2.24) is 0 Å². The summed E-state index contributed by atoms with van der Waals surface area (Å²) in [5.41, 5.74) is 1.52. The Hall–Kier alpha value is -3.15. The van der Waals surface area contributed by atoms with Gasteiger partial charge in [0.25, 0.3) is 0 Å². The number of fused-ring (bicyclic) bond motifs is 1. The summed E-state index contributed by atoms with van der Waals surface area (Å²) < 4.78 is 5.72. The molecule has 0 radical (unpaired) electrons. The van der Waals surface area contributed by atoms with Gasteiger partial charge in [-0.15, -0.1) is 0 Å². The van der Waals surface area contributed by atoms with E-state index in [0.29, 0.717) is 25.1 Å². The maximum atomic E-state index is 12.5. The van der Waals surface area contributed by atoms with Gasteiger partial charge in [-0.05, 0) is 31.7 Å². The van der Waals surface area contributed by atoms with E-state index in [1.807, 2.05) is 18.2 Å². The number of amides is 1. The molecule has 2 atom stereocenters. The van der Waals surface area contributed by atoms with E-state index in [0.717, 1.165) is 19.3 Å². The number of rotatable bonds is 8. The molecule has 2 unspecified atom stereocenters. The zero-order chi connectivity index (χ0) is 20.1. The highest BCUT2D eigenvalue weighted by Gasteiger charge is 2.39. The number of hydrogen-bond acceptors (Lipinski definition) is 5. The molecular formula is C22H23NO5. The van der Waals surface area contributed by atoms with Gasteiger partial charge in [-0.25, -0.2) is 0 Å². The fraction of sp³-hybridized carbons (Fsp3) is 0.318. The number of ketones is 1. The lowest BCUT2D eigenvalue weighted by atomic mass is 9.86. The van der Waals surface area contributed by atoms with E-state index in [9.17, 15) is 19.5 Å². The van der Waals surface area contributed by atoms with Gasteiger partial charge in [0.15, 0.2) is 5.78 Å². The maximum Gasteiger partial charge on any atom is 0.214 e.